The molecule has 1 aromatic carbocycles. The largest absolute Gasteiger partial charge is 0.322 e. The number of hydrogen-bond donors (Lipinski definition) is 1. The van der Waals surface area contributed by atoms with Crippen LogP contribution in [0.3, 0.4) is 0 Å². The summed E-state index contributed by atoms with van der Waals surface area (Å²) < 4.78 is 1.56. The highest BCUT2D eigenvalue weighted by molar-refractivity contribution is 5.89. The summed E-state index contributed by atoms with van der Waals surface area (Å²) in [5, 5.41) is 2.87. The van der Waals surface area contributed by atoms with Crippen molar-refractivity contribution >= 4 is 17.4 Å². The molecule has 0 atom stereocenters. The summed E-state index contributed by atoms with van der Waals surface area (Å²) in [6.07, 6.45) is 2.30. The maximum Gasteiger partial charge on any atom is 0.322 e. The Balaban J connectivity index is 1.65. The Bertz CT molecular complexity index is 1010. The maximum atomic E-state index is 12.8. The summed E-state index contributed by atoms with van der Waals surface area (Å²) in [7, 11) is 0. The van der Waals surface area contributed by atoms with E-state index in [-0.39, 0.29) is 18.1 Å². The lowest BCUT2D eigenvalue weighted by atomic mass is 10.1. The zero-order chi connectivity index (χ0) is 17.4. The summed E-state index contributed by atoms with van der Waals surface area (Å²) in [5.74, 6) is 0. The number of aromatic nitrogens is 2. The molecule has 1 aliphatic heterocycles. The Morgan fingerprint density at radius 2 is 1.96 bits per heavy atom. The van der Waals surface area contributed by atoms with Crippen molar-refractivity contribution in [2.75, 3.05) is 11.9 Å². The van der Waals surface area contributed by atoms with Gasteiger partial charge in [-0.2, -0.15) is 0 Å². The van der Waals surface area contributed by atoms with Gasteiger partial charge in [0.15, 0.2) is 0 Å². The molecule has 126 valence electrons. The average Bonchev–Trinajstić information content (AvgIpc) is 2.63. The molecule has 0 radical (unpaired) electrons. The number of nitrogens with one attached hydrogen (secondary N) is 1. The number of carbonyl (C=O) groups is 1. The molecule has 0 saturated heterocycles. The van der Waals surface area contributed by atoms with E-state index in [9.17, 15) is 9.59 Å². The van der Waals surface area contributed by atoms with Gasteiger partial charge in [-0.3, -0.25) is 9.20 Å². The number of pyridine rings is 1. The first-order valence-corrected chi connectivity index (χ1v) is 8.24. The molecular formula is C19H18N4O2. The summed E-state index contributed by atoms with van der Waals surface area (Å²) in [4.78, 5) is 31.6. The van der Waals surface area contributed by atoms with Gasteiger partial charge < -0.3 is 10.2 Å². The smallest absolute Gasteiger partial charge is 0.320 e. The predicted octanol–water partition coefficient (Wildman–Crippen LogP) is 2.59. The van der Waals surface area contributed by atoms with Gasteiger partial charge in [0.05, 0.1) is 17.8 Å². The lowest BCUT2D eigenvalue weighted by Gasteiger charge is -2.28. The van der Waals surface area contributed by atoms with E-state index in [2.05, 4.69) is 10.3 Å². The number of urea groups is 1. The van der Waals surface area contributed by atoms with Crippen LogP contribution in [0.25, 0.3) is 5.65 Å². The van der Waals surface area contributed by atoms with Gasteiger partial charge in [-0.15, -0.1) is 0 Å². The quantitative estimate of drug-likeness (QED) is 0.744. The molecule has 6 nitrogen and oxygen atoms in total. The van der Waals surface area contributed by atoms with E-state index in [0.29, 0.717) is 24.2 Å². The first-order valence-electron chi connectivity index (χ1n) is 8.24. The molecule has 25 heavy (non-hydrogen) atoms. The zero-order valence-electron chi connectivity index (χ0n) is 13.9. The van der Waals surface area contributed by atoms with Gasteiger partial charge in [-0.05, 0) is 30.7 Å². The second-order valence-electron chi connectivity index (χ2n) is 6.19. The molecule has 0 unspecified atom stereocenters. The van der Waals surface area contributed by atoms with E-state index < -0.39 is 0 Å². The van der Waals surface area contributed by atoms with E-state index in [4.69, 9.17) is 0 Å². The fourth-order valence-corrected chi connectivity index (χ4v) is 3.15. The van der Waals surface area contributed by atoms with Crippen LogP contribution in [0.4, 0.5) is 10.5 Å². The fourth-order valence-electron chi connectivity index (χ4n) is 3.15. The fraction of sp³-hybridized carbons (Fsp3) is 0.211. The second-order valence-corrected chi connectivity index (χ2v) is 6.19. The molecule has 6 heteroatoms. The van der Waals surface area contributed by atoms with Crippen LogP contribution in [0.5, 0.6) is 0 Å². The van der Waals surface area contributed by atoms with Crippen molar-refractivity contribution in [3.63, 3.8) is 0 Å². The van der Waals surface area contributed by atoms with Gasteiger partial charge in [0.25, 0.3) is 5.56 Å². The van der Waals surface area contributed by atoms with Crippen molar-refractivity contribution in [1.82, 2.24) is 14.3 Å². The van der Waals surface area contributed by atoms with Gasteiger partial charge in [-0.25, -0.2) is 9.78 Å². The van der Waals surface area contributed by atoms with Gasteiger partial charge in [0.1, 0.15) is 5.65 Å². The van der Waals surface area contributed by atoms with Crippen LogP contribution < -0.4 is 10.9 Å². The summed E-state index contributed by atoms with van der Waals surface area (Å²) in [6.45, 7) is 2.76. The number of fused-ring (bicyclic) bond motifs is 2. The van der Waals surface area contributed by atoms with Crippen molar-refractivity contribution in [2.45, 2.75) is 19.9 Å². The minimum Gasteiger partial charge on any atom is -0.320 e. The maximum absolute atomic E-state index is 12.8. The van der Waals surface area contributed by atoms with Gasteiger partial charge in [0.2, 0.25) is 0 Å². The van der Waals surface area contributed by atoms with Crippen molar-refractivity contribution < 1.29 is 4.79 Å². The van der Waals surface area contributed by atoms with Gasteiger partial charge in [0, 0.05) is 24.8 Å². The lowest BCUT2D eigenvalue weighted by Crippen LogP contribution is -2.42. The lowest BCUT2D eigenvalue weighted by molar-refractivity contribution is 0.205. The normalized spacial score (nSPS) is 13.6. The zero-order valence-corrected chi connectivity index (χ0v) is 13.9. The Kier molecular flexibility index (Phi) is 3.72. The Morgan fingerprint density at radius 3 is 2.76 bits per heavy atom. The van der Waals surface area contributed by atoms with Crippen LogP contribution in [-0.2, 0) is 13.0 Å². The Morgan fingerprint density at radius 1 is 1.16 bits per heavy atom. The topological polar surface area (TPSA) is 66.7 Å². The standard InChI is InChI=1S/C19H18N4O2/c1-13-6-5-10-23-17(13)21-16-9-11-22(12-15(16)18(23)24)19(25)20-14-7-3-2-4-8-14/h2-8,10H,9,11-12H2,1H3,(H,20,25). The highest BCUT2D eigenvalue weighted by Gasteiger charge is 2.25. The monoisotopic (exact) mass is 334 g/mol. The van der Waals surface area contributed by atoms with Crippen LogP contribution in [0.15, 0.2) is 53.5 Å². The molecule has 2 aromatic heterocycles. The molecule has 1 N–H and O–H groups in total. The van der Waals surface area contributed by atoms with Crippen molar-refractivity contribution in [3.05, 3.63) is 75.8 Å². The van der Waals surface area contributed by atoms with Crippen LogP contribution in [0.2, 0.25) is 0 Å². The second kappa shape index (κ2) is 6.05. The molecule has 0 fully saturated rings. The molecule has 1 aliphatic rings. The summed E-state index contributed by atoms with van der Waals surface area (Å²) >= 11 is 0. The van der Waals surface area contributed by atoms with Crippen molar-refractivity contribution in [2.24, 2.45) is 0 Å². The third-order valence-corrected chi connectivity index (χ3v) is 4.51. The van der Waals surface area contributed by atoms with E-state index >= 15 is 0 Å². The minimum absolute atomic E-state index is 0.0964. The molecule has 4 rings (SSSR count). The highest BCUT2D eigenvalue weighted by Crippen LogP contribution is 2.17. The number of hydrogen-bond acceptors (Lipinski definition) is 3. The summed E-state index contributed by atoms with van der Waals surface area (Å²) in [5.41, 5.74) is 3.68. The van der Waals surface area contributed by atoms with E-state index in [1.807, 2.05) is 49.4 Å². The third kappa shape index (κ3) is 2.76. The molecule has 2 amide bonds. The van der Waals surface area contributed by atoms with Gasteiger partial charge in [-0.1, -0.05) is 24.3 Å². The Hall–Kier alpha value is -3.15. The number of carbonyl (C=O) groups excluding carboxylic acids is 1. The number of nitrogens with zero attached hydrogens (tertiary/aromatic N) is 3. The van der Waals surface area contributed by atoms with E-state index in [1.165, 1.54) is 0 Å². The van der Waals surface area contributed by atoms with Crippen LogP contribution in [0.1, 0.15) is 16.8 Å². The molecular weight excluding hydrogens is 316 g/mol. The first-order chi connectivity index (χ1) is 12.1. The molecule has 0 saturated carbocycles. The number of para-hydroxylation sites is 1. The summed E-state index contributed by atoms with van der Waals surface area (Å²) in [6, 6.07) is 12.9. The van der Waals surface area contributed by atoms with Crippen molar-refractivity contribution in [3.8, 4) is 0 Å². The minimum atomic E-state index is -0.203. The molecule has 0 spiro atoms. The molecule has 3 heterocycles. The molecule has 0 bridgehead atoms. The van der Waals surface area contributed by atoms with Gasteiger partial charge >= 0.3 is 6.03 Å². The number of anilines is 1. The van der Waals surface area contributed by atoms with E-state index in [0.717, 1.165) is 16.9 Å². The molecule has 3 aromatic rings. The first kappa shape index (κ1) is 15.4. The predicted molar refractivity (Wildman–Crippen MR) is 95.8 cm³/mol. The van der Waals surface area contributed by atoms with Crippen LogP contribution >= 0.6 is 0 Å². The number of benzene rings is 1. The number of amides is 2. The van der Waals surface area contributed by atoms with Crippen LogP contribution in [-0.4, -0.2) is 26.9 Å². The van der Waals surface area contributed by atoms with Crippen LogP contribution in [0, 0.1) is 6.92 Å². The van der Waals surface area contributed by atoms with E-state index in [1.54, 1.807) is 15.5 Å². The SMILES string of the molecule is Cc1cccn2c(=O)c3c(nc12)CCN(C(=O)Nc1ccccc1)C3. The third-order valence-electron chi connectivity index (χ3n) is 4.51. The highest BCUT2D eigenvalue weighted by atomic mass is 16.2. The molecule has 0 aliphatic carbocycles. The van der Waals surface area contributed by atoms with Crippen molar-refractivity contribution in [1.29, 1.82) is 0 Å². The Labute approximate surface area is 144 Å². The average molecular weight is 334 g/mol. The number of aryl methyl sites for hydroxylation is 1. The number of rotatable bonds is 1.